The van der Waals surface area contributed by atoms with Crippen LogP contribution in [0.3, 0.4) is 0 Å². The summed E-state index contributed by atoms with van der Waals surface area (Å²) in [5, 5.41) is 4.30. The topological polar surface area (TPSA) is 64.0 Å². The van der Waals surface area contributed by atoms with Gasteiger partial charge in [-0.1, -0.05) is 38.1 Å². The van der Waals surface area contributed by atoms with Crippen LogP contribution in [0.2, 0.25) is 0 Å². The zero-order valence-corrected chi connectivity index (χ0v) is 16.1. The Kier molecular flexibility index (Phi) is 5.50. The van der Waals surface area contributed by atoms with Crippen molar-refractivity contribution in [2.45, 2.75) is 64.9 Å². The number of rotatable bonds is 6. The van der Waals surface area contributed by atoms with E-state index >= 15 is 0 Å². The van der Waals surface area contributed by atoms with Crippen LogP contribution in [0.25, 0.3) is 0 Å². The average molecular weight is 350 g/mol. The van der Waals surface area contributed by atoms with Crippen LogP contribution in [0.5, 0.6) is 0 Å². The molecule has 0 saturated heterocycles. The van der Waals surface area contributed by atoms with Crippen LogP contribution in [-0.2, 0) is 16.6 Å². The zero-order chi connectivity index (χ0) is 18.1. The first-order chi connectivity index (χ1) is 11.2. The van der Waals surface area contributed by atoms with Crippen LogP contribution in [-0.4, -0.2) is 18.2 Å². The second-order valence-electron chi connectivity index (χ2n) is 6.48. The Balaban J connectivity index is 2.27. The molecule has 24 heavy (non-hydrogen) atoms. The van der Waals surface area contributed by atoms with E-state index in [-0.39, 0.29) is 10.9 Å². The molecule has 0 aliphatic heterocycles. The van der Waals surface area contributed by atoms with Crippen molar-refractivity contribution >= 4 is 10.0 Å². The molecule has 0 spiro atoms. The fourth-order valence-electron chi connectivity index (χ4n) is 2.91. The lowest BCUT2D eigenvalue weighted by molar-refractivity contribution is 0.564. The Hall–Kier alpha value is -1.66. The van der Waals surface area contributed by atoms with Gasteiger partial charge in [-0.05, 0) is 44.7 Å². The lowest BCUT2D eigenvalue weighted by Crippen LogP contribution is -2.27. The van der Waals surface area contributed by atoms with Gasteiger partial charge in [0.15, 0.2) is 0 Å². The minimum absolute atomic E-state index is 0.287. The number of aryl methyl sites for hydroxylation is 2. The van der Waals surface area contributed by atoms with Gasteiger partial charge in [-0.15, -0.1) is 0 Å². The number of hydrogen-bond acceptors (Lipinski definition) is 3. The highest BCUT2D eigenvalue weighted by atomic mass is 32.2. The van der Waals surface area contributed by atoms with Crippen molar-refractivity contribution in [2.75, 3.05) is 0 Å². The highest BCUT2D eigenvalue weighted by Gasteiger charge is 2.26. The van der Waals surface area contributed by atoms with E-state index in [1.165, 1.54) is 5.56 Å². The molecule has 0 amide bonds. The molecule has 0 fully saturated rings. The van der Waals surface area contributed by atoms with Gasteiger partial charge in [-0.2, -0.15) is 5.10 Å². The Morgan fingerprint density at radius 3 is 2.08 bits per heavy atom. The van der Waals surface area contributed by atoms with Gasteiger partial charge in [0.25, 0.3) is 0 Å². The third kappa shape index (κ3) is 3.70. The highest BCUT2D eigenvalue weighted by molar-refractivity contribution is 7.89. The molecule has 1 atom stereocenters. The molecular formula is C18H27N3O2S. The molecule has 5 nitrogen and oxygen atoms in total. The van der Waals surface area contributed by atoms with E-state index in [2.05, 4.69) is 35.8 Å². The van der Waals surface area contributed by atoms with Gasteiger partial charge in [0.05, 0.1) is 11.4 Å². The molecule has 2 rings (SSSR count). The molecule has 1 N–H and O–H groups in total. The Morgan fingerprint density at radius 1 is 1.08 bits per heavy atom. The standard InChI is InChI=1S/C18H27N3O2S/c1-7-21-15(6)18(14(5)19-21)24(22,23)20-13(4)17-10-8-16(9-11-17)12(2)3/h8-13,20H,7H2,1-6H3. The fraction of sp³-hybridized carbons (Fsp3) is 0.500. The maximum absolute atomic E-state index is 12.8. The molecule has 0 radical (unpaired) electrons. The van der Waals surface area contributed by atoms with E-state index in [0.29, 0.717) is 23.9 Å². The van der Waals surface area contributed by atoms with Gasteiger partial charge < -0.3 is 0 Å². The molecule has 0 aliphatic rings. The largest absolute Gasteiger partial charge is 0.268 e. The summed E-state index contributed by atoms with van der Waals surface area (Å²) in [4.78, 5) is 0.287. The summed E-state index contributed by atoms with van der Waals surface area (Å²) in [5.41, 5.74) is 3.39. The van der Waals surface area contributed by atoms with E-state index in [9.17, 15) is 8.42 Å². The monoisotopic (exact) mass is 349 g/mol. The number of aromatic nitrogens is 2. The summed E-state index contributed by atoms with van der Waals surface area (Å²) < 4.78 is 30.1. The lowest BCUT2D eigenvalue weighted by atomic mass is 10.00. The highest BCUT2D eigenvalue weighted by Crippen LogP contribution is 2.23. The van der Waals surface area contributed by atoms with E-state index in [0.717, 1.165) is 5.56 Å². The van der Waals surface area contributed by atoms with Crippen LogP contribution in [0, 0.1) is 13.8 Å². The second kappa shape index (κ2) is 7.07. The maximum Gasteiger partial charge on any atom is 0.244 e. The Bertz CT molecular complexity index is 806. The first-order valence-corrected chi connectivity index (χ1v) is 9.81. The average Bonchev–Trinajstić information content (AvgIpc) is 2.81. The minimum atomic E-state index is -3.62. The minimum Gasteiger partial charge on any atom is -0.268 e. The summed E-state index contributed by atoms with van der Waals surface area (Å²) >= 11 is 0. The molecule has 132 valence electrons. The lowest BCUT2D eigenvalue weighted by Gasteiger charge is -2.16. The normalized spacial score (nSPS) is 13.5. The third-order valence-corrected chi connectivity index (χ3v) is 6.11. The van der Waals surface area contributed by atoms with Crippen LogP contribution < -0.4 is 4.72 Å². The summed E-state index contributed by atoms with van der Waals surface area (Å²) in [5.74, 6) is 0.455. The van der Waals surface area contributed by atoms with Gasteiger partial charge in [0.1, 0.15) is 4.90 Å². The van der Waals surface area contributed by atoms with E-state index in [1.54, 1.807) is 18.5 Å². The molecule has 2 aromatic rings. The summed E-state index contributed by atoms with van der Waals surface area (Å²) in [6, 6.07) is 7.77. The first kappa shape index (κ1) is 18.7. The van der Waals surface area contributed by atoms with Gasteiger partial charge in [-0.25, -0.2) is 13.1 Å². The summed E-state index contributed by atoms with van der Waals surface area (Å²) in [7, 11) is -3.62. The first-order valence-electron chi connectivity index (χ1n) is 8.33. The molecule has 1 unspecified atom stereocenters. The number of nitrogens with zero attached hydrogens (tertiary/aromatic N) is 2. The maximum atomic E-state index is 12.8. The fourth-order valence-corrected chi connectivity index (χ4v) is 4.55. The number of hydrogen-bond donors (Lipinski definition) is 1. The van der Waals surface area contributed by atoms with Crippen LogP contribution in [0.1, 0.15) is 62.2 Å². The smallest absolute Gasteiger partial charge is 0.244 e. The van der Waals surface area contributed by atoms with E-state index in [1.807, 2.05) is 26.0 Å². The van der Waals surface area contributed by atoms with Crippen molar-refractivity contribution in [1.82, 2.24) is 14.5 Å². The summed E-state index contributed by atoms with van der Waals surface area (Å²) in [6.07, 6.45) is 0. The van der Waals surface area contributed by atoms with Crippen molar-refractivity contribution in [3.05, 3.63) is 46.8 Å². The molecule has 1 heterocycles. The van der Waals surface area contributed by atoms with Crippen LogP contribution >= 0.6 is 0 Å². The van der Waals surface area contributed by atoms with Gasteiger partial charge in [0.2, 0.25) is 10.0 Å². The number of nitrogens with one attached hydrogen (secondary N) is 1. The Labute approximate surface area is 145 Å². The van der Waals surface area contributed by atoms with Crippen molar-refractivity contribution in [3.63, 3.8) is 0 Å². The molecule has 0 aliphatic carbocycles. The summed E-state index contributed by atoms with van der Waals surface area (Å²) in [6.45, 7) is 12.2. The Morgan fingerprint density at radius 2 is 1.62 bits per heavy atom. The molecule has 1 aromatic carbocycles. The van der Waals surface area contributed by atoms with Gasteiger partial charge in [-0.3, -0.25) is 4.68 Å². The predicted molar refractivity (Wildman–Crippen MR) is 96.6 cm³/mol. The van der Waals surface area contributed by atoms with Gasteiger partial charge >= 0.3 is 0 Å². The molecule has 1 aromatic heterocycles. The molecule has 6 heteroatoms. The number of benzene rings is 1. The van der Waals surface area contributed by atoms with Crippen LogP contribution in [0.15, 0.2) is 29.2 Å². The molecular weight excluding hydrogens is 322 g/mol. The van der Waals surface area contributed by atoms with Crippen molar-refractivity contribution in [3.8, 4) is 0 Å². The molecule has 0 saturated carbocycles. The number of sulfonamides is 1. The molecule has 0 bridgehead atoms. The third-order valence-electron chi connectivity index (χ3n) is 4.32. The van der Waals surface area contributed by atoms with Crippen molar-refractivity contribution < 1.29 is 8.42 Å². The quantitative estimate of drug-likeness (QED) is 0.865. The second-order valence-corrected chi connectivity index (χ2v) is 8.13. The predicted octanol–water partition coefficient (Wildman–Crippen LogP) is 3.68. The van der Waals surface area contributed by atoms with E-state index < -0.39 is 10.0 Å². The SMILES string of the molecule is CCn1nc(C)c(S(=O)(=O)NC(C)c2ccc(C(C)C)cc2)c1C. The van der Waals surface area contributed by atoms with Gasteiger partial charge in [0, 0.05) is 12.6 Å². The van der Waals surface area contributed by atoms with Crippen molar-refractivity contribution in [1.29, 1.82) is 0 Å². The van der Waals surface area contributed by atoms with Crippen molar-refractivity contribution in [2.24, 2.45) is 0 Å². The van der Waals surface area contributed by atoms with E-state index in [4.69, 9.17) is 0 Å². The van der Waals surface area contributed by atoms with Crippen LogP contribution in [0.4, 0.5) is 0 Å². The zero-order valence-electron chi connectivity index (χ0n) is 15.3.